The number of thiophene rings is 1. The molecule has 1 aromatic carbocycles. The molecule has 0 aliphatic carbocycles. The van der Waals surface area contributed by atoms with Gasteiger partial charge >= 0.3 is 0 Å². The van der Waals surface area contributed by atoms with E-state index < -0.39 is 0 Å². The Morgan fingerprint density at radius 1 is 1.55 bits per heavy atom. The van der Waals surface area contributed by atoms with Crippen molar-refractivity contribution in [1.29, 1.82) is 0 Å². The van der Waals surface area contributed by atoms with Gasteiger partial charge in [0.25, 0.3) is 5.91 Å². The van der Waals surface area contributed by atoms with E-state index in [1.807, 2.05) is 5.38 Å². The highest BCUT2D eigenvalue weighted by molar-refractivity contribution is 9.10. The highest BCUT2D eigenvalue weighted by Gasteiger charge is 2.08. The number of aromatic hydroxyl groups is 1. The van der Waals surface area contributed by atoms with Gasteiger partial charge in [-0.2, -0.15) is 5.10 Å². The van der Waals surface area contributed by atoms with E-state index in [1.54, 1.807) is 24.3 Å². The summed E-state index contributed by atoms with van der Waals surface area (Å²) >= 11 is 4.63. The second kappa shape index (κ2) is 6.53. The Morgan fingerprint density at radius 3 is 3.00 bits per heavy atom. The second-order valence-corrected chi connectivity index (χ2v) is 5.59. The summed E-state index contributed by atoms with van der Waals surface area (Å²) in [6.07, 6.45) is 1.36. The Balaban J connectivity index is 2.12. The normalized spacial score (nSPS) is 10.7. The monoisotopic (exact) mass is 354 g/mol. The number of nitrogens with zero attached hydrogens (tertiary/aromatic N) is 1. The van der Waals surface area contributed by atoms with Crippen LogP contribution in [0.3, 0.4) is 0 Å². The van der Waals surface area contributed by atoms with Crippen LogP contribution in [0.4, 0.5) is 0 Å². The van der Waals surface area contributed by atoms with Crippen LogP contribution in [0.2, 0.25) is 0 Å². The molecular formula is C13H11BrN2O3S. The summed E-state index contributed by atoms with van der Waals surface area (Å²) in [6, 6.07) is 6.79. The van der Waals surface area contributed by atoms with Crippen LogP contribution < -0.4 is 10.2 Å². The molecule has 0 saturated carbocycles. The van der Waals surface area contributed by atoms with Crippen molar-refractivity contribution < 1.29 is 14.6 Å². The average Bonchev–Trinajstić information content (AvgIpc) is 2.96. The van der Waals surface area contributed by atoms with Crippen molar-refractivity contribution in [1.82, 2.24) is 5.43 Å². The van der Waals surface area contributed by atoms with Gasteiger partial charge in [0.15, 0.2) is 11.5 Å². The Kier molecular flexibility index (Phi) is 4.75. The van der Waals surface area contributed by atoms with Crippen molar-refractivity contribution in [3.8, 4) is 11.5 Å². The number of ether oxygens (including phenoxy) is 1. The van der Waals surface area contributed by atoms with Crippen molar-refractivity contribution in [3.63, 3.8) is 0 Å². The number of phenols is 1. The number of nitrogens with one attached hydrogen (secondary N) is 1. The van der Waals surface area contributed by atoms with Crippen molar-refractivity contribution in [2.75, 3.05) is 7.11 Å². The third-order valence-electron chi connectivity index (χ3n) is 2.40. The SMILES string of the molecule is COc1cc(Br)cc(C=NNC(=O)c2cccs2)c1O. The molecule has 0 bridgehead atoms. The highest BCUT2D eigenvalue weighted by Crippen LogP contribution is 2.32. The Labute approximate surface area is 128 Å². The number of carbonyl (C=O) groups excluding carboxylic acids is 1. The molecule has 2 aromatic rings. The first-order valence-electron chi connectivity index (χ1n) is 5.55. The molecule has 0 aliphatic heterocycles. The van der Waals surface area contributed by atoms with Crippen molar-refractivity contribution in [2.24, 2.45) is 5.10 Å². The van der Waals surface area contributed by atoms with E-state index in [1.165, 1.54) is 24.7 Å². The lowest BCUT2D eigenvalue weighted by Crippen LogP contribution is -2.16. The van der Waals surface area contributed by atoms with E-state index in [9.17, 15) is 9.90 Å². The number of hydrogen-bond acceptors (Lipinski definition) is 5. The molecule has 1 heterocycles. The van der Waals surface area contributed by atoms with Gasteiger partial charge in [0.05, 0.1) is 18.2 Å². The van der Waals surface area contributed by atoms with Gasteiger partial charge < -0.3 is 9.84 Å². The van der Waals surface area contributed by atoms with Crippen LogP contribution in [0.5, 0.6) is 11.5 Å². The number of halogens is 1. The number of phenolic OH excluding ortho intramolecular Hbond substituents is 1. The van der Waals surface area contributed by atoms with Crippen LogP contribution in [0.15, 0.2) is 39.2 Å². The summed E-state index contributed by atoms with van der Waals surface area (Å²) in [6.45, 7) is 0. The molecule has 7 heteroatoms. The summed E-state index contributed by atoms with van der Waals surface area (Å²) in [5.41, 5.74) is 2.82. The van der Waals surface area contributed by atoms with Gasteiger partial charge in [-0.15, -0.1) is 11.3 Å². The number of methoxy groups -OCH3 is 1. The summed E-state index contributed by atoms with van der Waals surface area (Å²) in [4.78, 5) is 12.2. The Hall–Kier alpha value is -1.86. The fraction of sp³-hybridized carbons (Fsp3) is 0.0769. The average molecular weight is 355 g/mol. The van der Waals surface area contributed by atoms with Gasteiger partial charge in [0, 0.05) is 10.0 Å². The molecule has 0 spiro atoms. The van der Waals surface area contributed by atoms with E-state index >= 15 is 0 Å². The van der Waals surface area contributed by atoms with Crippen LogP contribution in [-0.2, 0) is 0 Å². The van der Waals surface area contributed by atoms with Gasteiger partial charge in [-0.1, -0.05) is 22.0 Å². The van der Waals surface area contributed by atoms with Crippen LogP contribution >= 0.6 is 27.3 Å². The number of hydrazone groups is 1. The quantitative estimate of drug-likeness (QED) is 0.654. The predicted octanol–water partition coefficient (Wildman–Crippen LogP) is 2.99. The second-order valence-electron chi connectivity index (χ2n) is 3.72. The molecule has 2 N–H and O–H groups in total. The lowest BCUT2D eigenvalue weighted by atomic mass is 10.2. The zero-order valence-corrected chi connectivity index (χ0v) is 12.9. The van der Waals surface area contributed by atoms with Gasteiger partial charge in [0.2, 0.25) is 0 Å². The minimum Gasteiger partial charge on any atom is -0.504 e. The minimum atomic E-state index is -0.294. The molecule has 20 heavy (non-hydrogen) atoms. The smallest absolute Gasteiger partial charge is 0.281 e. The Morgan fingerprint density at radius 2 is 2.35 bits per heavy atom. The van der Waals surface area contributed by atoms with Gasteiger partial charge in [-0.25, -0.2) is 5.43 Å². The summed E-state index contributed by atoms with van der Waals surface area (Å²) in [5.74, 6) is -0.00654. The van der Waals surface area contributed by atoms with Crippen LogP contribution in [0, 0.1) is 0 Å². The van der Waals surface area contributed by atoms with Crippen LogP contribution in [0.1, 0.15) is 15.2 Å². The van der Waals surface area contributed by atoms with E-state index in [0.29, 0.717) is 16.2 Å². The highest BCUT2D eigenvalue weighted by atomic mass is 79.9. The molecular weight excluding hydrogens is 344 g/mol. The molecule has 0 aliphatic rings. The van der Waals surface area contributed by atoms with Gasteiger partial charge in [0.1, 0.15) is 0 Å². The summed E-state index contributed by atoms with van der Waals surface area (Å²) < 4.78 is 5.76. The summed E-state index contributed by atoms with van der Waals surface area (Å²) in [7, 11) is 1.46. The molecule has 0 saturated heterocycles. The maximum absolute atomic E-state index is 11.7. The molecule has 0 atom stereocenters. The molecule has 5 nitrogen and oxygen atoms in total. The van der Waals surface area contributed by atoms with Crippen molar-refractivity contribution >= 4 is 39.4 Å². The number of rotatable bonds is 4. The first-order chi connectivity index (χ1) is 9.61. The number of hydrogen-bond donors (Lipinski definition) is 2. The largest absolute Gasteiger partial charge is 0.504 e. The van der Waals surface area contributed by atoms with Crippen LogP contribution in [-0.4, -0.2) is 24.3 Å². The maximum Gasteiger partial charge on any atom is 0.281 e. The minimum absolute atomic E-state index is 0.0372. The molecule has 104 valence electrons. The number of benzene rings is 1. The lowest BCUT2D eigenvalue weighted by Gasteiger charge is -2.06. The zero-order valence-electron chi connectivity index (χ0n) is 10.5. The van der Waals surface area contributed by atoms with Crippen molar-refractivity contribution in [3.05, 3.63) is 44.6 Å². The maximum atomic E-state index is 11.7. The standard InChI is InChI=1S/C13H11BrN2O3S/c1-19-10-6-9(14)5-8(12(10)17)7-15-16-13(18)11-3-2-4-20-11/h2-7,17H,1H3,(H,16,18). The van der Waals surface area contributed by atoms with Gasteiger partial charge in [-0.05, 0) is 23.6 Å². The third kappa shape index (κ3) is 3.37. The molecule has 0 radical (unpaired) electrons. The lowest BCUT2D eigenvalue weighted by molar-refractivity contribution is 0.0959. The zero-order chi connectivity index (χ0) is 14.5. The summed E-state index contributed by atoms with van der Waals surface area (Å²) in [5, 5.41) is 15.5. The molecule has 1 aromatic heterocycles. The predicted molar refractivity (Wildman–Crippen MR) is 81.7 cm³/mol. The third-order valence-corrected chi connectivity index (χ3v) is 3.73. The molecule has 1 amide bonds. The Bertz CT molecular complexity index is 641. The van der Waals surface area contributed by atoms with E-state index in [-0.39, 0.29) is 11.7 Å². The number of carbonyl (C=O) groups is 1. The molecule has 0 fully saturated rings. The van der Waals surface area contributed by atoms with E-state index in [0.717, 1.165) is 4.47 Å². The van der Waals surface area contributed by atoms with Gasteiger partial charge in [-0.3, -0.25) is 4.79 Å². The topological polar surface area (TPSA) is 70.9 Å². The first-order valence-corrected chi connectivity index (χ1v) is 7.22. The van der Waals surface area contributed by atoms with E-state index in [2.05, 4.69) is 26.5 Å². The van der Waals surface area contributed by atoms with Crippen LogP contribution in [0.25, 0.3) is 0 Å². The molecule has 0 unspecified atom stereocenters. The van der Waals surface area contributed by atoms with E-state index in [4.69, 9.17) is 4.74 Å². The fourth-order valence-corrected chi connectivity index (χ4v) is 2.54. The molecule has 2 rings (SSSR count). The number of amides is 1. The first kappa shape index (κ1) is 14.5. The van der Waals surface area contributed by atoms with Crippen molar-refractivity contribution in [2.45, 2.75) is 0 Å². The fourth-order valence-electron chi connectivity index (χ4n) is 1.47.